The monoisotopic (exact) mass is 582 g/mol. The lowest BCUT2D eigenvalue weighted by Gasteiger charge is -2.26. The number of amides is 1. The van der Waals surface area contributed by atoms with Crippen LogP contribution in [-0.4, -0.2) is 43.8 Å². The molecule has 4 aromatic rings. The molecule has 0 aliphatic carbocycles. The van der Waals surface area contributed by atoms with Crippen LogP contribution in [0.1, 0.15) is 16.7 Å². The summed E-state index contributed by atoms with van der Waals surface area (Å²) >= 11 is 2.00. The highest BCUT2D eigenvalue weighted by molar-refractivity contribution is 7.99. The zero-order valence-corrected chi connectivity index (χ0v) is 24.0. The largest absolute Gasteiger partial charge is 0.354 e. The molecule has 0 aromatic heterocycles. The molecular weight excluding hydrogens is 553 g/mol. The quantitative estimate of drug-likeness (QED) is 0.222. The maximum absolute atomic E-state index is 13.4. The fourth-order valence-corrected chi connectivity index (χ4v) is 7.08. The van der Waals surface area contributed by atoms with Crippen molar-refractivity contribution >= 4 is 56.0 Å². The maximum atomic E-state index is 13.4. The summed E-state index contributed by atoms with van der Waals surface area (Å²) in [5, 5.41) is 6.38. The summed E-state index contributed by atoms with van der Waals surface area (Å²) < 4.78 is 29.1. The number of anilines is 3. The van der Waals surface area contributed by atoms with Crippen LogP contribution >= 0.6 is 11.8 Å². The number of sulfonamides is 1. The Morgan fingerprint density at radius 1 is 0.829 bits per heavy atom. The highest BCUT2D eigenvalue weighted by Crippen LogP contribution is 2.39. The third-order valence-electron chi connectivity index (χ3n) is 7.12. The van der Waals surface area contributed by atoms with Crippen LogP contribution < -0.4 is 15.4 Å². The van der Waals surface area contributed by atoms with E-state index in [0.29, 0.717) is 28.2 Å². The van der Waals surface area contributed by atoms with Gasteiger partial charge in [-0.1, -0.05) is 60.7 Å². The third kappa shape index (κ3) is 6.17. The summed E-state index contributed by atoms with van der Waals surface area (Å²) in [5.74, 6) is 2.04. The van der Waals surface area contributed by atoms with E-state index in [-0.39, 0.29) is 10.8 Å². The topological polar surface area (TPSA) is 90.5 Å². The van der Waals surface area contributed by atoms with Crippen molar-refractivity contribution < 1.29 is 13.2 Å². The molecule has 2 aliphatic heterocycles. The molecule has 1 fully saturated rings. The van der Waals surface area contributed by atoms with E-state index in [1.165, 1.54) is 23.1 Å². The smallest absolute Gasteiger partial charge is 0.261 e. The minimum atomic E-state index is -3.88. The van der Waals surface area contributed by atoms with E-state index in [2.05, 4.69) is 32.4 Å². The minimum absolute atomic E-state index is 0.0713. The number of thioether (sulfide) groups is 1. The second kappa shape index (κ2) is 11.8. The Hall–Kier alpha value is -4.05. The molecule has 0 spiro atoms. The average molecular weight is 583 g/mol. The zero-order chi connectivity index (χ0) is 28.2. The van der Waals surface area contributed by atoms with Gasteiger partial charge >= 0.3 is 0 Å². The predicted molar refractivity (Wildman–Crippen MR) is 168 cm³/mol. The summed E-state index contributed by atoms with van der Waals surface area (Å²) in [6.45, 7) is 3.11. The van der Waals surface area contributed by atoms with Crippen LogP contribution in [0.4, 0.5) is 17.1 Å². The molecule has 0 saturated carbocycles. The Bertz CT molecular complexity index is 1680. The highest BCUT2D eigenvalue weighted by Gasteiger charge is 2.30. The van der Waals surface area contributed by atoms with Gasteiger partial charge in [-0.05, 0) is 53.6 Å². The van der Waals surface area contributed by atoms with E-state index in [9.17, 15) is 13.2 Å². The van der Waals surface area contributed by atoms with E-state index in [1.54, 1.807) is 36.4 Å². The van der Waals surface area contributed by atoms with Gasteiger partial charge in [0, 0.05) is 53.8 Å². The average Bonchev–Trinajstić information content (AvgIpc) is 3.33. The van der Waals surface area contributed by atoms with Crippen LogP contribution in [0, 0.1) is 0 Å². The van der Waals surface area contributed by atoms with Gasteiger partial charge in [-0.2, -0.15) is 11.8 Å². The summed E-state index contributed by atoms with van der Waals surface area (Å²) in [6.07, 6.45) is 0. The van der Waals surface area contributed by atoms with Gasteiger partial charge in [0.15, 0.2) is 0 Å². The third-order valence-corrected chi connectivity index (χ3v) is 9.44. The molecule has 2 heterocycles. The van der Waals surface area contributed by atoms with E-state index in [4.69, 9.17) is 0 Å². The molecule has 41 heavy (non-hydrogen) atoms. The van der Waals surface area contributed by atoms with E-state index in [0.717, 1.165) is 30.9 Å². The summed E-state index contributed by atoms with van der Waals surface area (Å²) in [5.41, 5.74) is 5.44. The molecule has 0 bridgehead atoms. The number of carbonyl (C=O) groups excluding carboxylic acids is 1. The van der Waals surface area contributed by atoms with Gasteiger partial charge in [-0.15, -0.1) is 0 Å². The molecule has 1 amide bonds. The molecule has 0 atom stereocenters. The molecule has 0 unspecified atom stereocenters. The van der Waals surface area contributed by atoms with Crippen molar-refractivity contribution in [2.75, 3.05) is 40.0 Å². The van der Waals surface area contributed by atoms with E-state index >= 15 is 0 Å². The lowest BCUT2D eigenvalue weighted by molar-refractivity contribution is -0.110. The van der Waals surface area contributed by atoms with Crippen LogP contribution in [0.15, 0.2) is 108 Å². The van der Waals surface area contributed by atoms with Gasteiger partial charge in [-0.3, -0.25) is 14.4 Å². The van der Waals surface area contributed by atoms with Crippen LogP contribution in [0.2, 0.25) is 0 Å². The van der Waals surface area contributed by atoms with Crippen molar-refractivity contribution in [2.45, 2.75) is 11.4 Å². The molecule has 208 valence electrons. The van der Waals surface area contributed by atoms with Crippen molar-refractivity contribution in [1.29, 1.82) is 0 Å². The Morgan fingerprint density at radius 2 is 1.51 bits per heavy atom. The van der Waals surface area contributed by atoms with Gasteiger partial charge in [0.05, 0.1) is 16.2 Å². The van der Waals surface area contributed by atoms with Gasteiger partial charge in [0.1, 0.15) is 0 Å². The van der Waals surface area contributed by atoms with Gasteiger partial charge < -0.3 is 10.6 Å². The van der Waals surface area contributed by atoms with Gasteiger partial charge in [0.2, 0.25) is 0 Å². The van der Waals surface area contributed by atoms with Gasteiger partial charge in [-0.25, -0.2) is 8.42 Å². The summed E-state index contributed by atoms with van der Waals surface area (Å²) in [4.78, 5) is 15.9. The van der Waals surface area contributed by atoms with Crippen LogP contribution in [0.5, 0.6) is 0 Å². The van der Waals surface area contributed by atoms with E-state index < -0.39 is 10.0 Å². The fraction of sp³-hybridized carbons (Fsp3) is 0.156. The zero-order valence-electron chi connectivity index (χ0n) is 22.3. The molecule has 4 aromatic carbocycles. The Labute approximate surface area is 244 Å². The summed E-state index contributed by atoms with van der Waals surface area (Å²) in [6, 6.07) is 31.3. The lowest BCUT2D eigenvalue weighted by Crippen LogP contribution is -2.31. The molecule has 9 heteroatoms. The SMILES string of the molecule is O=C1Nc2ccc(S(=O)(=O)Nc3ccccc3)cc2/C1=C(/Nc1ccc(CN2CCSCC2)cc1)c1ccccc1. The highest BCUT2D eigenvalue weighted by atomic mass is 32.2. The first-order chi connectivity index (χ1) is 20.0. The Balaban J connectivity index is 1.35. The molecule has 2 aliphatic rings. The number of hydrogen-bond acceptors (Lipinski definition) is 6. The number of para-hydroxylation sites is 1. The molecule has 7 nitrogen and oxygen atoms in total. The predicted octanol–water partition coefficient (Wildman–Crippen LogP) is 5.97. The van der Waals surface area contributed by atoms with Gasteiger partial charge in [0.25, 0.3) is 15.9 Å². The first kappa shape index (κ1) is 27.1. The fourth-order valence-electron chi connectivity index (χ4n) is 5.02. The minimum Gasteiger partial charge on any atom is -0.354 e. The number of benzene rings is 4. The lowest BCUT2D eigenvalue weighted by atomic mass is 10.00. The second-order valence-electron chi connectivity index (χ2n) is 9.96. The van der Waals surface area contributed by atoms with Crippen molar-refractivity contribution in [3.63, 3.8) is 0 Å². The molecular formula is C32H30N4O3S2. The number of rotatable bonds is 8. The Morgan fingerprint density at radius 3 is 2.22 bits per heavy atom. The number of nitrogens with zero attached hydrogens (tertiary/aromatic N) is 1. The standard InChI is InChI=1S/C32H30N4O3S2/c37-32-30(28-21-27(15-16-29(28)34-32)41(38,39)35-26-9-5-2-6-10-26)31(24-7-3-1-4-8-24)33-25-13-11-23(12-14-25)22-36-17-19-40-20-18-36/h1-16,21,33,35H,17-20,22H2,(H,34,37)/b31-30-. The van der Waals surface area contributed by atoms with Crippen LogP contribution in [0.3, 0.4) is 0 Å². The molecule has 6 rings (SSSR count). The number of carbonyl (C=O) groups is 1. The van der Waals surface area contributed by atoms with E-state index in [1.807, 2.05) is 60.3 Å². The second-order valence-corrected chi connectivity index (χ2v) is 12.9. The number of hydrogen-bond donors (Lipinski definition) is 3. The normalized spacial score (nSPS) is 16.5. The molecule has 3 N–H and O–H groups in total. The molecule has 1 saturated heterocycles. The van der Waals surface area contributed by atoms with Crippen molar-refractivity contribution in [3.8, 4) is 0 Å². The van der Waals surface area contributed by atoms with Crippen LogP contribution in [-0.2, 0) is 21.4 Å². The first-order valence-corrected chi connectivity index (χ1v) is 16.1. The first-order valence-electron chi connectivity index (χ1n) is 13.5. The Kier molecular flexibility index (Phi) is 7.82. The summed E-state index contributed by atoms with van der Waals surface area (Å²) in [7, 11) is -3.88. The maximum Gasteiger partial charge on any atom is 0.261 e. The van der Waals surface area contributed by atoms with Crippen molar-refractivity contribution in [2.24, 2.45) is 0 Å². The molecule has 0 radical (unpaired) electrons. The number of nitrogens with one attached hydrogen (secondary N) is 3. The van der Waals surface area contributed by atoms with Crippen molar-refractivity contribution in [3.05, 3.63) is 120 Å². The number of fused-ring (bicyclic) bond motifs is 1. The van der Waals surface area contributed by atoms with Crippen molar-refractivity contribution in [1.82, 2.24) is 4.90 Å². The van der Waals surface area contributed by atoms with Crippen LogP contribution in [0.25, 0.3) is 11.3 Å².